The topological polar surface area (TPSA) is 26.3 Å². The summed E-state index contributed by atoms with van der Waals surface area (Å²) in [6.45, 7) is 4.54. The minimum Gasteiger partial charge on any atom is -0.459 e. The maximum atomic E-state index is 12.9. The van der Waals surface area contributed by atoms with Crippen molar-refractivity contribution < 1.29 is 9.53 Å². The van der Waals surface area contributed by atoms with Crippen molar-refractivity contribution in [2.75, 3.05) is 0 Å². The summed E-state index contributed by atoms with van der Waals surface area (Å²) in [4.78, 5) is 12.9. The highest BCUT2D eigenvalue weighted by atomic mass is 16.5. The molecule has 3 aromatic rings. The Labute approximate surface area is 255 Å². The SMILES string of the molecule is CCCCC[C@H]1CC[C@H](c2ccc(-c3ccc(C(=O)O[C@H]4CC[C@H](c5ccc(CCCC)cc5)CC4)cc3)cc2)CC1. The van der Waals surface area contributed by atoms with Crippen molar-refractivity contribution in [2.45, 2.75) is 128 Å². The van der Waals surface area contributed by atoms with Gasteiger partial charge in [0.05, 0.1) is 5.56 Å². The number of hydrogen-bond acceptors (Lipinski definition) is 2. The molecule has 0 radical (unpaired) electrons. The van der Waals surface area contributed by atoms with Crippen molar-refractivity contribution in [3.05, 3.63) is 95.1 Å². The lowest BCUT2D eigenvalue weighted by Gasteiger charge is -2.29. The van der Waals surface area contributed by atoms with Gasteiger partial charge in [-0.05, 0) is 122 Å². The van der Waals surface area contributed by atoms with E-state index >= 15 is 0 Å². The highest BCUT2D eigenvalue weighted by Crippen LogP contribution is 2.38. The molecule has 0 N–H and O–H groups in total. The average Bonchev–Trinajstić information content (AvgIpc) is 3.05. The summed E-state index contributed by atoms with van der Waals surface area (Å²) in [5.74, 6) is 2.05. The molecule has 2 fully saturated rings. The van der Waals surface area contributed by atoms with Crippen LogP contribution >= 0.6 is 0 Å². The summed E-state index contributed by atoms with van der Waals surface area (Å²) < 4.78 is 5.95. The Morgan fingerprint density at radius 2 is 1.14 bits per heavy atom. The van der Waals surface area contributed by atoms with Gasteiger partial charge < -0.3 is 4.74 Å². The first-order valence-corrected chi connectivity index (χ1v) is 17.1. The second-order valence-corrected chi connectivity index (χ2v) is 13.1. The Morgan fingerprint density at radius 3 is 1.71 bits per heavy atom. The molecule has 224 valence electrons. The summed E-state index contributed by atoms with van der Waals surface area (Å²) in [7, 11) is 0. The fourth-order valence-electron chi connectivity index (χ4n) is 7.28. The highest BCUT2D eigenvalue weighted by molar-refractivity contribution is 5.90. The van der Waals surface area contributed by atoms with Gasteiger partial charge in [0.2, 0.25) is 0 Å². The molecule has 2 aliphatic rings. The molecular weight excluding hydrogens is 512 g/mol. The lowest BCUT2D eigenvalue weighted by Crippen LogP contribution is -2.24. The zero-order chi connectivity index (χ0) is 29.1. The molecule has 5 rings (SSSR count). The molecule has 2 heteroatoms. The van der Waals surface area contributed by atoms with E-state index in [9.17, 15) is 4.79 Å². The summed E-state index contributed by atoms with van der Waals surface area (Å²) in [6, 6.07) is 26.4. The van der Waals surface area contributed by atoms with Gasteiger partial charge in [0, 0.05) is 0 Å². The number of unbranched alkanes of at least 4 members (excludes halogenated alkanes) is 3. The standard InChI is InChI=1S/C40H52O2/c1-3-5-7-9-31-12-16-32(17-13-31)34-18-20-35(21-19-34)36-22-24-38(25-23-36)40(41)42-39-28-26-37(27-29-39)33-14-10-30(11-15-33)8-6-4-2/h10-11,14-15,18-25,31-32,37,39H,3-9,12-13,16-17,26-29H2,1-2H3/t31-,32-,37-,39-. The predicted octanol–water partition coefficient (Wildman–Crippen LogP) is 11.4. The molecule has 2 saturated carbocycles. The maximum Gasteiger partial charge on any atom is 0.338 e. The van der Waals surface area contributed by atoms with E-state index in [2.05, 4.69) is 74.5 Å². The van der Waals surface area contributed by atoms with Gasteiger partial charge in [-0.2, -0.15) is 0 Å². The third kappa shape index (κ3) is 8.36. The number of aryl methyl sites for hydroxylation is 1. The summed E-state index contributed by atoms with van der Waals surface area (Å²) in [5, 5.41) is 0. The van der Waals surface area contributed by atoms with Crippen LogP contribution in [0.15, 0.2) is 72.8 Å². The summed E-state index contributed by atoms with van der Waals surface area (Å²) in [5.41, 5.74) is 7.38. The quantitative estimate of drug-likeness (QED) is 0.161. The van der Waals surface area contributed by atoms with Gasteiger partial charge in [-0.15, -0.1) is 0 Å². The molecule has 0 aromatic heterocycles. The van der Waals surface area contributed by atoms with E-state index in [1.54, 1.807) is 0 Å². The zero-order valence-electron chi connectivity index (χ0n) is 26.2. The van der Waals surface area contributed by atoms with Gasteiger partial charge in [-0.1, -0.05) is 107 Å². The van der Waals surface area contributed by atoms with Crippen LogP contribution in [0.1, 0.15) is 143 Å². The molecule has 0 heterocycles. The first-order chi connectivity index (χ1) is 20.6. The summed E-state index contributed by atoms with van der Waals surface area (Å²) in [6.07, 6.45) is 18.7. The molecule has 42 heavy (non-hydrogen) atoms. The van der Waals surface area contributed by atoms with E-state index in [0.717, 1.165) is 37.2 Å². The molecule has 0 saturated heterocycles. The normalized spacial score (nSPS) is 22.5. The fraction of sp³-hybridized carbons (Fsp3) is 0.525. The van der Waals surface area contributed by atoms with Gasteiger partial charge >= 0.3 is 5.97 Å². The second-order valence-electron chi connectivity index (χ2n) is 13.1. The van der Waals surface area contributed by atoms with Crippen LogP contribution in [-0.2, 0) is 11.2 Å². The van der Waals surface area contributed by atoms with Crippen LogP contribution in [0.5, 0.6) is 0 Å². The molecule has 0 amide bonds. The minimum absolute atomic E-state index is 0.0243. The first-order valence-electron chi connectivity index (χ1n) is 17.1. The molecule has 2 aliphatic carbocycles. The van der Waals surface area contributed by atoms with Gasteiger partial charge in [-0.3, -0.25) is 0 Å². The largest absolute Gasteiger partial charge is 0.459 e. The van der Waals surface area contributed by atoms with E-state index in [4.69, 9.17) is 4.74 Å². The molecule has 0 aliphatic heterocycles. The lowest BCUT2D eigenvalue weighted by atomic mass is 9.77. The Morgan fingerprint density at radius 1 is 0.619 bits per heavy atom. The Hall–Kier alpha value is -2.87. The van der Waals surface area contributed by atoms with Crippen molar-refractivity contribution in [1.82, 2.24) is 0 Å². The van der Waals surface area contributed by atoms with E-state index in [1.165, 1.54) is 92.9 Å². The van der Waals surface area contributed by atoms with Gasteiger partial charge in [0.25, 0.3) is 0 Å². The monoisotopic (exact) mass is 564 g/mol. The molecule has 2 nitrogen and oxygen atoms in total. The second kappa shape index (κ2) is 15.6. The fourth-order valence-corrected chi connectivity index (χ4v) is 7.28. The van der Waals surface area contributed by atoms with Gasteiger partial charge in [0.15, 0.2) is 0 Å². The Bertz CT molecular complexity index is 1210. The number of rotatable bonds is 12. The van der Waals surface area contributed by atoms with Crippen LogP contribution in [0.25, 0.3) is 11.1 Å². The minimum atomic E-state index is -0.189. The van der Waals surface area contributed by atoms with Gasteiger partial charge in [0.1, 0.15) is 6.10 Å². The van der Waals surface area contributed by atoms with E-state index in [1.807, 2.05) is 12.1 Å². The van der Waals surface area contributed by atoms with Gasteiger partial charge in [-0.25, -0.2) is 4.79 Å². The third-order valence-electron chi connectivity index (χ3n) is 10.1. The van der Waals surface area contributed by atoms with Crippen LogP contribution in [-0.4, -0.2) is 12.1 Å². The maximum absolute atomic E-state index is 12.9. The number of carbonyl (C=O) groups is 1. The van der Waals surface area contributed by atoms with Crippen LogP contribution < -0.4 is 0 Å². The van der Waals surface area contributed by atoms with E-state index < -0.39 is 0 Å². The third-order valence-corrected chi connectivity index (χ3v) is 10.1. The van der Waals surface area contributed by atoms with Crippen LogP contribution in [0.3, 0.4) is 0 Å². The first kappa shape index (κ1) is 30.6. The number of benzene rings is 3. The smallest absolute Gasteiger partial charge is 0.338 e. The van der Waals surface area contributed by atoms with Crippen molar-refractivity contribution in [2.24, 2.45) is 5.92 Å². The number of carbonyl (C=O) groups excluding carboxylic acids is 1. The van der Waals surface area contributed by atoms with Crippen LogP contribution in [0.2, 0.25) is 0 Å². The Kier molecular flexibility index (Phi) is 11.3. The van der Waals surface area contributed by atoms with Crippen LogP contribution in [0.4, 0.5) is 0 Å². The van der Waals surface area contributed by atoms with Crippen LogP contribution in [0, 0.1) is 5.92 Å². The molecule has 0 unspecified atom stereocenters. The number of ether oxygens (including phenoxy) is 1. The molecule has 0 spiro atoms. The highest BCUT2D eigenvalue weighted by Gasteiger charge is 2.26. The molecule has 0 bridgehead atoms. The van der Waals surface area contributed by atoms with Crippen molar-refractivity contribution in [3.8, 4) is 11.1 Å². The van der Waals surface area contributed by atoms with Crippen molar-refractivity contribution >= 4 is 5.97 Å². The van der Waals surface area contributed by atoms with Crippen molar-refractivity contribution in [1.29, 1.82) is 0 Å². The molecule has 0 atom stereocenters. The lowest BCUT2D eigenvalue weighted by molar-refractivity contribution is 0.0195. The summed E-state index contributed by atoms with van der Waals surface area (Å²) >= 11 is 0. The molecular formula is C40H52O2. The van der Waals surface area contributed by atoms with Crippen molar-refractivity contribution in [3.63, 3.8) is 0 Å². The van der Waals surface area contributed by atoms with E-state index in [0.29, 0.717) is 17.4 Å². The average molecular weight is 565 g/mol. The molecule has 3 aromatic carbocycles. The predicted molar refractivity (Wildman–Crippen MR) is 176 cm³/mol. The zero-order valence-corrected chi connectivity index (χ0v) is 26.2. The Balaban J connectivity index is 1.07. The number of hydrogen-bond donors (Lipinski definition) is 0. The van der Waals surface area contributed by atoms with E-state index in [-0.39, 0.29) is 12.1 Å². The number of esters is 1.